The summed E-state index contributed by atoms with van der Waals surface area (Å²) in [6.45, 7) is 2.79. The fourth-order valence-electron chi connectivity index (χ4n) is 2.30. The minimum absolute atomic E-state index is 0.231. The first kappa shape index (κ1) is 12.0. The average molecular weight is 233 g/mol. The van der Waals surface area contributed by atoms with Crippen molar-refractivity contribution in [3.8, 4) is 0 Å². The Balaban J connectivity index is 1.85. The lowest BCUT2D eigenvalue weighted by atomic mass is 10.1. The lowest BCUT2D eigenvalue weighted by molar-refractivity contribution is -0.129. The van der Waals surface area contributed by atoms with Crippen molar-refractivity contribution >= 4 is 5.91 Å². The second-order valence-corrected chi connectivity index (χ2v) is 4.58. The Labute approximate surface area is 102 Å². The van der Waals surface area contributed by atoms with Crippen molar-refractivity contribution in [1.29, 1.82) is 0 Å². The number of carbonyl (C=O) groups excluding carboxylic acids is 1. The molecule has 92 valence electrons. The van der Waals surface area contributed by atoms with Crippen LogP contribution in [-0.2, 0) is 11.2 Å². The maximum atomic E-state index is 12.0. The summed E-state index contributed by atoms with van der Waals surface area (Å²) >= 11 is 0. The van der Waals surface area contributed by atoms with Gasteiger partial charge < -0.3 is 10.2 Å². The highest BCUT2D eigenvalue weighted by atomic mass is 16.2. The Bertz CT molecular complexity index is 366. The van der Waals surface area contributed by atoms with Crippen LogP contribution in [0, 0.1) is 5.92 Å². The highest BCUT2D eigenvalue weighted by Crippen LogP contribution is 2.16. The molecule has 1 aromatic heterocycles. The predicted molar refractivity (Wildman–Crippen MR) is 66.6 cm³/mol. The summed E-state index contributed by atoms with van der Waals surface area (Å²) < 4.78 is 0. The molecule has 2 heterocycles. The van der Waals surface area contributed by atoms with Crippen molar-refractivity contribution < 1.29 is 4.79 Å². The van der Waals surface area contributed by atoms with Crippen LogP contribution in [0.25, 0.3) is 0 Å². The number of likely N-dealkylation sites (tertiary alicyclic amines) is 1. The van der Waals surface area contributed by atoms with Crippen molar-refractivity contribution in [3.63, 3.8) is 0 Å². The van der Waals surface area contributed by atoms with Gasteiger partial charge in [0.2, 0.25) is 5.91 Å². The van der Waals surface area contributed by atoms with Gasteiger partial charge in [-0.25, -0.2) is 0 Å². The van der Waals surface area contributed by atoms with Crippen LogP contribution in [0.1, 0.15) is 12.0 Å². The minimum Gasteiger partial charge on any atom is -0.342 e. The monoisotopic (exact) mass is 233 g/mol. The van der Waals surface area contributed by atoms with Crippen LogP contribution in [0.3, 0.4) is 0 Å². The molecule has 1 unspecified atom stereocenters. The first-order chi connectivity index (χ1) is 8.29. The molecule has 1 aliphatic heterocycles. The van der Waals surface area contributed by atoms with Crippen LogP contribution in [0.4, 0.5) is 0 Å². The van der Waals surface area contributed by atoms with Gasteiger partial charge in [-0.1, -0.05) is 0 Å². The average Bonchev–Trinajstić information content (AvgIpc) is 2.79. The quantitative estimate of drug-likeness (QED) is 0.832. The number of nitrogens with zero attached hydrogens (tertiary/aromatic N) is 2. The van der Waals surface area contributed by atoms with E-state index in [9.17, 15) is 4.79 Å². The molecule has 1 aromatic rings. The number of rotatable bonds is 4. The molecule has 2 rings (SSSR count). The molecule has 1 fully saturated rings. The lowest BCUT2D eigenvalue weighted by Crippen LogP contribution is -2.31. The van der Waals surface area contributed by atoms with E-state index in [0.717, 1.165) is 31.6 Å². The van der Waals surface area contributed by atoms with Gasteiger partial charge in [-0.15, -0.1) is 0 Å². The summed E-state index contributed by atoms with van der Waals surface area (Å²) in [6.07, 6.45) is 5.07. The standard InChI is InChI=1S/C13H19N3O/c1-14-9-12-4-7-16(10-12)13(17)8-11-2-5-15-6-3-11/h2-3,5-6,12,14H,4,7-10H2,1H3. The van der Waals surface area contributed by atoms with Crippen LogP contribution < -0.4 is 5.32 Å². The van der Waals surface area contributed by atoms with Gasteiger partial charge in [0.1, 0.15) is 0 Å². The van der Waals surface area contributed by atoms with E-state index in [1.165, 1.54) is 0 Å². The van der Waals surface area contributed by atoms with Crippen molar-refractivity contribution in [2.75, 3.05) is 26.7 Å². The van der Waals surface area contributed by atoms with Crippen LogP contribution in [0.5, 0.6) is 0 Å². The predicted octanol–water partition coefficient (Wildman–Crippen LogP) is 0.692. The first-order valence-electron chi connectivity index (χ1n) is 6.11. The Morgan fingerprint density at radius 3 is 3.00 bits per heavy atom. The number of hydrogen-bond acceptors (Lipinski definition) is 3. The van der Waals surface area contributed by atoms with Gasteiger partial charge in [-0.3, -0.25) is 9.78 Å². The van der Waals surface area contributed by atoms with Crippen LogP contribution in [0.2, 0.25) is 0 Å². The first-order valence-corrected chi connectivity index (χ1v) is 6.11. The maximum absolute atomic E-state index is 12.0. The van der Waals surface area contributed by atoms with Gasteiger partial charge in [0.05, 0.1) is 6.42 Å². The number of pyridine rings is 1. The third-order valence-corrected chi connectivity index (χ3v) is 3.24. The largest absolute Gasteiger partial charge is 0.342 e. The van der Waals surface area contributed by atoms with E-state index < -0.39 is 0 Å². The van der Waals surface area contributed by atoms with Crippen LogP contribution in [0.15, 0.2) is 24.5 Å². The van der Waals surface area contributed by atoms with Crippen molar-refractivity contribution in [1.82, 2.24) is 15.2 Å². The van der Waals surface area contributed by atoms with Gasteiger partial charge in [-0.2, -0.15) is 0 Å². The van der Waals surface area contributed by atoms with Crippen LogP contribution >= 0.6 is 0 Å². The number of amides is 1. The molecule has 0 aromatic carbocycles. The second-order valence-electron chi connectivity index (χ2n) is 4.58. The topological polar surface area (TPSA) is 45.2 Å². The molecular formula is C13H19N3O. The number of carbonyl (C=O) groups is 1. The van der Waals surface area contributed by atoms with Gasteiger partial charge in [-0.05, 0) is 43.6 Å². The third kappa shape index (κ3) is 3.27. The molecular weight excluding hydrogens is 214 g/mol. The number of nitrogens with one attached hydrogen (secondary N) is 1. The molecule has 4 heteroatoms. The fraction of sp³-hybridized carbons (Fsp3) is 0.538. The van der Waals surface area contributed by atoms with E-state index >= 15 is 0 Å². The zero-order chi connectivity index (χ0) is 12.1. The van der Waals surface area contributed by atoms with Gasteiger partial charge >= 0.3 is 0 Å². The minimum atomic E-state index is 0.231. The highest BCUT2D eigenvalue weighted by molar-refractivity contribution is 5.79. The summed E-state index contributed by atoms with van der Waals surface area (Å²) in [5.74, 6) is 0.844. The van der Waals surface area contributed by atoms with Crippen molar-refractivity contribution in [3.05, 3.63) is 30.1 Å². The van der Waals surface area contributed by atoms with Crippen molar-refractivity contribution in [2.45, 2.75) is 12.8 Å². The lowest BCUT2D eigenvalue weighted by Gasteiger charge is -2.16. The Morgan fingerprint density at radius 1 is 1.53 bits per heavy atom. The van der Waals surface area contributed by atoms with Gasteiger partial charge in [0.25, 0.3) is 0 Å². The second kappa shape index (κ2) is 5.77. The molecule has 4 nitrogen and oxygen atoms in total. The van der Waals surface area contributed by atoms with E-state index in [0.29, 0.717) is 12.3 Å². The summed E-state index contributed by atoms with van der Waals surface area (Å²) in [7, 11) is 1.96. The molecule has 1 N–H and O–H groups in total. The molecule has 1 saturated heterocycles. The van der Waals surface area contributed by atoms with Gasteiger partial charge in [0.15, 0.2) is 0 Å². The van der Waals surface area contributed by atoms with E-state index in [1.807, 2.05) is 24.1 Å². The SMILES string of the molecule is CNCC1CCN(C(=O)Cc2ccncc2)C1. The van der Waals surface area contributed by atoms with E-state index in [2.05, 4.69) is 10.3 Å². The summed E-state index contributed by atoms with van der Waals surface area (Å²) in [5, 5.41) is 3.17. The zero-order valence-electron chi connectivity index (χ0n) is 10.2. The zero-order valence-corrected chi connectivity index (χ0v) is 10.2. The molecule has 1 amide bonds. The van der Waals surface area contributed by atoms with E-state index in [1.54, 1.807) is 12.4 Å². The highest BCUT2D eigenvalue weighted by Gasteiger charge is 2.25. The number of aromatic nitrogens is 1. The maximum Gasteiger partial charge on any atom is 0.227 e. The molecule has 0 spiro atoms. The Hall–Kier alpha value is -1.42. The number of hydrogen-bond donors (Lipinski definition) is 1. The molecule has 1 aliphatic rings. The van der Waals surface area contributed by atoms with Gasteiger partial charge in [0, 0.05) is 25.5 Å². The molecule has 0 bridgehead atoms. The van der Waals surface area contributed by atoms with Crippen molar-refractivity contribution in [2.24, 2.45) is 5.92 Å². The normalized spacial score (nSPS) is 19.6. The summed E-state index contributed by atoms with van der Waals surface area (Å²) in [6, 6.07) is 3.80. The van der Waals surface area contributed by atoms with E-state index in [4.69, 9.17) is 0 Å². The van der Waals surface area contributed by atoms with Crippen LogP contribution in [-0.4, -0.2) is 42.5 Å². The fourth-order valence-corrected chi connectivity index (χ4v) is 2.30. The molecule has 0 saturated carbocycles. The summed E-state index contributed by atoms with van der Waals surface area (Å²) in [5.41, 5.74) is 1.04. The third-order valence-electron chi connectivity index (χ3n) is 3.24. The Kier molecular flexibility index (Phi) is 4.09. The molecule has 17 heavy (non-hydrogen) atoms. The Morgan fingerprint density at radius 2 is 2.29 bits per heavy atom. The summed E-state index contributed by atoms with van der Waals surface area (Å²) in [4.78, 5) is 18.0. The smallest absolute Gasteiger partial charge is 0.227 e. The van der Waals surface area contributed by atoms with E-state index in [-0.39, 0.29) is 5.91 Å². The molecule has 0 aliphatic carbocycles. The molecule has 1 atom stereocenters. The molecule has 0 radical (unpaired) electrons.